The fraction of sp³-hybridized carbons (Fsp3) is 0.400. The Morgan fingerprint density at radius 1 is 0.905 bits per heavy atom. The molecule has 0 saturated heterocycles. The number of benzene rings is 2. The van der Waals surface area contributed by atoms with E-state index in [0.717, 1.165) is 13.0 Å². The van der Waals surface area contributed by atoms with Crippen molar-refractivity contribution in [2.75, 3.05) is 6.54 Å². The van der Waals surface area contributed by atoms with Gasteiger partial charge in [-0.3, -0.25) is 0 Å². The molecule has 21 heavy (non-hydrogen) atoms. The monoisotopic (exact) mass is 281 g/mol. The lowest BCUT2D eigenvalue weighted by Gasteiger charge is -2.21. The summed E-state index contributed by atoms with van der Waals surface area (Å²) in [5.74, 6) is 0. The van der Waals surface area contributed by atoms with Crippen LogP contribution in [-0.2, 0) is 6.42 Å². The summed E-state index contributed by atoms with van der Waals surface area (Å²) in [4.78, 5) is 0. The van der Waals surface area contributed by atoms with Gasteiger partial charge in [-0.1, -0.05) is 62.7 Å². The van der Waals surface area contributed by atoms with Crippen LogP contribution in [-0.4, -0.2) is 6.54 Å². The topological polar surface area (TPSA) is 12.0 Å². The molecule has 1 heteroatoms. The summed E-state index contributed by atoms with van der Waals surface area (Å²) < 4.78 is 0. The Morgan fingerprint density at radius 3 is 2.33 bits per heavy atom. The first-order valence-corrected chi connectivity index (χ1v) is 8.05. The predicted molar refractivity (Wildman–Crippen MR) is 91.9 cm³/mol. The molecule has 0 aliphatic rings. The van der Waals surface area contributed by atoms with Gasteiger partial charge in [0.25, 0.3) is 0 Å². The summed E-state index contributed by atoms with van der Waals surface area (Å²) in [7, 11) is 0. The van der Waals surface area contributed by atoms with Crippen LogP contribution in [0.4, 0.5) is 0 Å². The number of hydrogen-bond acceptors (Lipinski definition) is 1. The Bertz CT molecular complexity index is 586. The molecular weight excluding hydrogens is 254 g/mol. The van der Waals surface area contributed by atoms with E-state index in [-0.39, 0.29) is 6.04 Å². The SMILES string of the molecule is CCCc1cccc(C(NCC)c2ccc(C)c(C)c2)c1. The molecule has 1 N–H and O–H groups in total. The second kappa shape index (κ2) is 7.42. The second-order valence-electron chi connectivity index (χ2n) is 5.83. The van der Waals surface area contributed by atoms with E-state index < -0.39 is 0 Å². The Hall–Kier alpha value is -1.60. The van der Waals surface area contributed by atoms with Gasteiger partial charge in [-0.25, -0.2) is 0 Å². The van der Waals surface area contributed by atoms with Crippen molar-refractivity contribution in [1.29, 1.82) is 0 Å². The lowest BCUT2D eigenvalue weighted by atomic mass is 9.94. The third-order valence-corrected chi connectivity index (χ3v) is 4.10. The predicted octanol–water partition coefficient (Wildman–Crippen LogP) is 4.95. The van der Waals surface area contributed by atoms with E-state index in [9.17, 15) is 0 Å². The summed E-state index contributed by atoms with van der Waals surface area (Å²) in [5.41, 5.74) is 6.87. The highest BCUT2D eigenvalue weighted by atomic mass is 14.9. The van der Waals surface area contributed by atoms with E-state index >= 15 is 0 Å². The Morgan fingerprint density at radius 2 is 1.67 bits per heavy atom. The van der Waals surface area contributed by atoms with Crippen molar-refractivity contribution >= 4 is 0 Å². The quantitative estimate of drug-likeness (QED) is 0.789. The smallest absolute Gasteiger partial charge is 0.0576 e. The zero-order valence-corrected chi connectivity index (χ0v) is 13.7. The van der Waals surface area contributed by atoms with Gasteiger partial charge in [0, 0.05) is 0 Å². The fourth-order valence-electron chi connectivity index (χ4n) is 2.79. The second-order valence-corrected chi connectivity index (χ2v) is 5.83. The molecule has 0 bridgehead atoms. The zero-order chi connectivity index (χ0) is 15.2. The van der Waals surface area contributed by atoms with E-state index in [4.69, 9.17) is 0 Å². The molecule has 1 atom stereocenters. The third-order valence-electron chi connectivity index (χ3n) is 4.10. The Kier molecular flexibility index (Phi) is 5.58. The van der Waals surface area contributed by atoms with E-state index in [1.165, 1.54) is 34.2 Å². The van der Waals surface area contributed by atoms with Crippen LogP contribution < -0.4 is 5.32 Å². The van der Waals surface area contributed by atoms with E-state index in [0.29, 0.717) is 0 Å². The van der Waals surface area contributed by atoms with Gasteiger partial charge >= 0.3 is 0 Å². The molecule has 1 nitrogen and oxygen atoms in total. The van der Waals surface area contributed by atoms with Crippen LogP contribution in [0.25, 0.3) is 0 Å². The maximum atomic E-state index is 3.63. The van der Waals surface area contributed by atoms with Gasteiger partial charge in [0.15, 0.2) is 0 Å². The van der Waals surface area contributed by atoms with E-state index in [2.05, 4.69) is 75.5 Å². The number of aryl methyl sites for hydroxylation is 3. The number of hydrogen-bond donors (Lipinski definition) is 1. The van der Waals surface area contributed by atoms with Crippen LogP contribution in [0, 0.1) is 13.8 Å². The number of rotatable bonds is 6. The molecule has 0 radical (unpaired) electrons. The molecular formula is C20H27N. The first kappa shape index (κ1) is 15.8. The van der Waals surface area contributed by atoms with Crippen molar-refractivity contribution in [3.63, 3.8) is 0 Å². The first-order valence-electron chi connectivity index (χ1n) is 8.05. The minimum Gasteiger partial charge on any atom is -0.307 e. The van der Waals surface area contributed by atoms with Crippen LogP contribution in [0.2, 0.25) is 0 Å². The molecule has 0 aromatic heterocycles. The van der Waals surface area contributed by atoms with Crippen LogP contribution >= 0.6 is 0 Å². The van der Waals surface area contributed by atoms with Crippen molar-refractivity contribution in [2.24, 2.45) is 0 Å². The van der Waals surface area contributed by atoms with Crippen LogP contribution in [0.5, 0.6) is 0 Å². The summed E-state index contributed by atoms with van der Waals surface area (Å²) in [5, 5.41) is 3.63. The molecule has 0 aliphatic heterocycles. The zero-order valence-electron chi connectivity index (χ0n) is 13.7. The average molecular weight is 281 g/mol. The molecule has 0 heterocycles. The third kappa shape index (κ3) is 3.95. The average Bonchev–Trinajstić information content (AvgIpc) is 2.48. The fourth-order valence-corrected chi connectivity index (χ4v) is 2.79. The van der Waals surface area contributed by atoms with Crippen molar-refractivity contribution in [3.05, 3.63) is 70.3 Å². The molecule has 0 saturated carbocycles. The molecule has 0 spiro atoms. The van der Waals surface area contributed by atoms with Crippen molar-refractivity contribution < 1.29 is 0 Å². The molecule has 2 rings (SSSR count). The molecule has 1 unspecified atom stereocenters. The molecule has 2 aromatic rings. The standard InChI is InChI=1S/C20H27N/c1-5-8-17-9-7-10-18(14-17)20(21-6-2)19-12-11-15(3)16(4)13-19/h7,9-14,20-21H,5-6,8H2,1-4H3. The van der Waals surface area contributed by atoms with E-state index in [1.54, 1.807) is 0 Å². The van der Waals surface area contributed by atoms with Gasteiger partial charge < -0.3 is 5.32 Å². The normalized spacial score (nSPS) is 12.4. The minimum absolute atomic E-state index is 0.283. The van der Waals surface area contributed by atoms with Crippen LogP contribution in [0.3, 0.4) is 0 Å². The highest BCUT2D eigenvalue weighted by molar-refractivity contribution is 5.38. The molecule has 0 aliphatic carbocycles. The van der Waals surface area contributed by atoms with Gasteiger partial charge in [-0.05, 0) is 54.6 Å². The molecule has 2 aromatic carbocycles. The van der Waals surface area contributed by atoms with E-state index in [1.807, 2.05) is 0 Å². The first-order chi connectivity index (χ1) is 10.2. The van der Waals surface area contributed by atoms with Gasteiger partial charge in [-0.2, -0.15) is 0 Å². The van der Waals surface area contributed by atoms with Crippen LogP contribution in [0.1, 0.15) is 54.1 Å². The molecule has 0 fully saturated rings. The lowest BCUT2D eigenvalue weighted by molar-refractivity contribution is 0.629. The largest absolute Gasteiger partial charge is 0.307 e. The molecule has 0 amide bonds. The summed E-state index contributed by atoms with van der Waals surface area (Å²) in [6.07, 6.45) is 2.35. The van der Waals surface area contributed by atoms with Gasteiger partial charge in [0.05, 0.1) is 6.04 Å². The summed E-state index contributed by atoms with van der Waals surface area (Å²) in [6, 6.07) is 16.1. The minimum atomic E-state index is 0.283. The van der Waals surface area contributed by atoms with Gasteiger partial charge in [0.1, 0.15) is 0 Å². The molecule has 112 valence electrons. The van der Waals surface area contributed by atoms with Crippen LogP contribution in [0.15, 0.2) is 42.5 Å². The Labute approximate surface area is 129 Å². The summed E-state index contributed by atoms with van der Waals surface area (Å²) in [6.45, 7) is 9.73. The van der Waals surface area contributed by atoms with Crippen molar-refractivity contribution in [1.82, 2.24) is 5.32 Å². The lowest BCUT2D eigenvalue weighted by Crippen LogP contribution is -2.22. The number of nitrogens with one attached hydrogen (secondary N) is 1. The maximum Gasteiger partial charge on any atom is 0.0576 e. The Balaban J connectivity index is 2.37. The van der Waals surface area contributed by atoms with Gasteiger partial charge in [0.2, 0.25) is 0 Å². The van der Waals surface area contributed by atoms with Crippen molar-refractivity contribution in [2.45, 2.75) is 46.6 Å². The summed E-state index contributed by atoms with van der Waals surface area (Å²) >= 11 is 0. The highest BCUT2D eigenvalue weighted by Gasteiger charge is 2.13. The van der Waals surface area contributed by atoms with Gasteiger partial charge in [-0.15, -0.1) is 0 Å². The maximum absolute atomic E-state index is 3.63. The highest BCUT2D eigenvalue weighted by Crippen LogP contribution is 2.25. The van der Waals surface area contributed by atoms with Crippen molar-refractivity contribution in [3.8, 4) is 0 Å².